The highest BCUT2D eigenvalue weighted by atomic mass is 32.2. The smallest absolute Gasteiger partial charge is 0.416 e. The number of carbonyl (C=O) groups excluding carboxylic acids is 3. The van der Waals surface area contributed by atoms with E-state index in [-0.39, 0.29) is 21.3 Å². The number of nitrogens with zero attached hydrogens (tertiary/aromatic N) is 2. The second kappa shape index (κ2) is 12.0. The van der Waals surface area contributed by atoms with Gasteiger partial charge in [-0.2, -0.15) is 13.2 Å². The van der Waals surface area contributed by atoms with E-state index in [0.29, 0.717) is 16.2 Å². The number of aromatic nitrogens is 1. The van der Waals surface area contributed by atoms with Gasteiger partial charge in [-0.1, -0.05) is 47.4 Å². The normalized spacial score (nSPS) is 19.3. The molecule has 17 heteroatoms. The lowest BCUT2D eigenvalue weighted by Gasteiger charge is -2.31. The number of rotatable bonds is 7. The molecule has 11 nitrogen and oxygen atoms in total. The fraction of sp³-hybridized carbons (Fsp3) is 0.200. The highest BCUT2D eigenvalue weighted by Crippen LogP contribution is 2.55. The van der Waals surface area contributed by atoms with Gasteiger partial charge in [0.05, 0.1) is 34.2 Å². The molecular formula is C30H23F3N4O7S3. The molecule has 0 saturated carbocycles. The van der Waals surface area contributed by atoms with Crippen molar-refractivity contribution < 1.29 is 40.7 Å². The summed E-state index contributed by atoms with van der Waals surface area (Å²) in [5.74, 6) is -3.80. The standard InChI is InChI=1S/C30H23F3N4O7S3/c1-44-20-8-3-2-7-19(20)22-23-24(27(40)37(26(23)39)17-6-4-5-15(13-17)30(31,32)33)45-28-25(22)46-29(41)36(28)14-21(38)35-16-9-11-18(12-10-16)47(34,42)43/h2-13,22-24H,14H2,1H3,(H,35,38)(H2,34,42,43). The largest absolute Gasteiger partial charge is 0.496 e. The molecule has 0 spiro atoms. The van der Waals surface area contributed by atoms with Gasteiger partial charge < -0.3 is 10.1 Å². The first-order chi connectivity index (χ1) is 22.2. The zero-order valence-corrected chi connectivity index (χ0v) is 26.5. The molecule has 47 heavy (non-hydrogen) atoms. The Morgan fingerprint density at radius 3 is 2.36 bits per heavy atom. The van der Waals surface area contributed by atoms with Crippen molar-refractivity contribution in [1.82, 2.24) is 4.57 Å². The second-order valence-electron chi connectivity index (χ2n) is 10.6. The highest BCUT2D eigenvalue weighted by molar-refractivity contribution is 8.00. The lowest BCUT2D eigenvalue weighted by molar-refractivity contribution is -0.137. The van der Waals surface area contributed by atoms with Crippen molar-refractivity contribution in [3.8, 4) is 5.75 Å². The molecule has 0 bridgehead atoms. The minimum absolute atomic E-state index is 0.165. The predicted molar refractivity (Wildman–Crippen MR) is 167 cm³/mol. The van der Waals surface area contributed by atoms with Crippen molar-refractivity contribution in [2.75, 3.05) is 17.3 Å². The Morgan fingerprint density at radius 2 is 1.70 bits per heavy atom. The van der Waals surface area contributed by atoms with Crippen molar-refractivity contribution in [3.63, 3.8) is 0 Å². The van der Waals surface area contributed by atoms with Crippen LogP contribution in [0.25, 0.3) is 0 Å². The summed E-state index contributed by atoms with van der Waals surface area (Å²) in [6.07, 6.45) is -4.71. The third kappa shape index (κ3) is 5.95. The van der Waals surface area contributed by atoms with Gasteiger partial charge in [-0.3, -0.25) is 23.7 Å². The van der Waals surface area contributed by atoms with Crippen LogP contribution < -0.4 is 25.0 Å². The third-order valence-corrected chi connectivity index (χ3v) is 11.3. The van der Waals surface area contributed by atoms with E-state index >= 15 is 0 Å². The number of anilines is 2. The molecule has 3 unspecified atom stereocenters. The van der Waals surface area contributed by atoms with Crippen LogP contribution in [0.2, 0.25) is 0 Å². The summed E-state index contributed by atoms with van der Waals surface area (Å²) >= 11 is 1.68. The lowest BCUT2D eigenvalue weighted by Crippen LogP contribution is -2.33. The van der Waals surface area contributed by atoms with Gasteiger partial charge in [-0.15, -0.1) is 0 Å². The number of halogens is 3. The van der Waals surface area contributed by atoms with Gasteiger partial charge in [-0.05, 0) is 48.5 Å². The Labute approximate surface area is 273 Å². The number of thioether (sulfide) groups is 1. The van der Waals surface area contributed by atoms with Gasteiger partial charge in [0.25, 0.3) is 0 Å². The summed E-state index contributed by atoms with van der Waals surface area (Å²) in [5.41, 5.74) is -0.561. The number of sulfonamides is 1. The first-order valence-electron chi connectivity index (χ1n) is 13.7. The summed E-state index contributed by atoms with van der Waals surface area (Å²) in [4.78, 5) is 54.8. The van der Waals surface area contributed by atoms with E-state index in [4.69, 9.17) is 9.88 Å². The minimum Gasteiger partial charge on any atom is -0.496 e. The first-order valence-corrected chi connectivity index (χ1v) is 16.9. The predicted octanol–water partition coefficient (Wildman–Crippen LogP) is 4.02. The molecule has 3 atom stereocenters. The zero-order valence-electron chi connectivity index (χ0n) is 24.1. The number of primary sulfonamides is 1. The van der Waals surface area contributed by atoms with Crippen LogP contribution in [-0.2, 0) is 37.1 Å². The van der Waals surface area contributed by atoms with E-state index in [1.54, 1.807) is 24.3 Å². The number of carbonyl (C=O) groups is 3. The summed E-state index contributed by atoms with van der Waals surface area (Å²) in [6, 6.07) is 15.7. The zero-order chi connectivity index (χ0) is 33.8. The maximum absolute atomic E-state index is 14.0. The Balaban J connectivity index is 1.40. The molecule has 0 radical (unpaired) electrons. The molecule has 3 amide bonds. The average molecular weight is 705 g/mol. The van der Waals surface area contributed by atoms with E-state index in [1.165, 1.54) is 42.0 Å². The van der Waals surface area contributed by atoms with Crippen LogP contribution >= 0.6 is 23.1 Å². The van der Waals surface area contributed by atoms with Crippen molar-refractivity contribution in [3.05, 3.63) is 98.5 Å². The SMILES string of the molecule is COc1ccccc1C1c2sc(=O)n(CC(=O)Nc3ccc(S(N)(=O)=O)cc3)c2SC2C(=O)N(c3cccc(C(F)(F)F)c3)C(=O)C21. The summed E-state index contributed by atoms with van der Waals surface area (Å²) < 4.78 is 70.4. The number of ether oxygens (including phenoxy) is 1. The average Bonchev–Trinajstić information content (AvgIpc) is 3.46. The molecule has 3 N–H and O–H groups in total. The van der Waals surface area contributed by atoms with Gasteiger partial charge in [0.2, 0.25) is 27.7 Å². The van der Waals surface area contributed by atoms with Crippen LogP contribution in [0.4, 0.5) is 24.5 Å². The number of amides is 3. The number of thiazole rings is 1. The molecule has 3 aromatic carbocycles. The van der Waals surface area contributed by atoms with Gasteiger partial charge in [-0.25, -0.2) is 18.5 Å². The number of hydrogen-bond acceptors (Lipinski definition) is 9. The number of methoxy groups -OCH3 is 1. The van der Waals surface area contributed by atoms with Gasteiger partial charge in [0.1, 0.15) is 17.5 Å². The molecule has 2 aliphatic heterocycles. The number of fused-ring (bicyclic) bond motifs is 2. The molecular weight excluding hydrogens is 682 g/mol. The maximum atomic E-state index is 14.0. The summed E-state index contributed by atoms with van der Waals surface area (Å²) in [7, 11) is -2.54. The van der Waals surface area contributed by atoms with E-state index in [1.807, 2.05) is 0 Å². The Hall–Kier alpha value is -4.45. The monoisotopic (exact) mass is 704 g/mol. The fourth-order valence-corrected chi connectivity index (χ4v) is 8.94. The number of nitrogens with one attached hydrogen (secondary N) is 1. The van der Waals surface area contributed by atoms with Gasteiger partial charge in [0.15, 0.2) is 0 Å². The molecule has 6 rings (SSSR count). The number of benzene rings is 3. The Morgan fingerprint density at radius 1 is 1.00 bits per heavy atom. The maximum Gasteiger partial charge on any atom is 0.416 e. The number of hydrogen-bond donors (Lipinski definition) is 2. The number of imide groups is 1. The van der Waals surface area contributed by atoms with Crippen LogP contribution in [0, 0.1) is 5.92 Å². The molecule has 2 aliphatic rings. The topological polar surface area (TPSA) is 158 Å². The molecule has 4 aromatic rings. The number of para-hydroxylation sites is 1. The van der Waals surface area contributed by atoms with E-state index < -0.39 is 68.0 Å². The van der Waals surface area contributed by atoms with Crippen molar-refractivity contribution in [1.29, 1.82) is 0 Å². The molecule has 244 valence electrons. The summed E-state index contributed by atoms with van der Waals surface area (Å²) in [5, 5.41) is 6.81. The molecule has 0 aliphatic carbocycles. The third-order valence-electron chi connectivity index (χ3n) is 7.72. The lowest BCUT2D eigenvalue weighted by atomic mass is 9.82. The van der Waals surface area contributed by atoms with Crippen LogP contribution in [0.5, 0.6) is 5.75 Å². The molecule has 1 aromatic heterocycles. The van der Waals surface area contributed by atoms with Crippen LogP contribution in [0.15, 0.2) is 87.5 Å². The second-order valence-corrected chi connectivity index (χ2v) is 14.3. The first kappa shape index (κ1) is 32.5. The van der Waals surface area contributed by atoms with E-state index in [9.17, 15) is 40.8 Å². The number of nitrogens with two attached hydrogens (primary N) is 1. The number of alkyl halides is 3. The van der Waals surface area contributed by atoms with E-state index in [0.717, 1.165) is 46.2 Å². The van der Waals surface area contributed by atoms with Crippen molar-refractivity contribution in [2.45, 2.75) is 33.8 Å². The van der Waals surface area contributed by atoms with Crippen LogP contribution in [-0.4, -0.2) is 43.1 Å². The van der Waals surface area contributed by atoms with Gasteiger partial charge >= 0.3 is 11.0 Å². The van der Waals surface area contributed by atoms with Gasteiger partial charge in [0, 0.05) is 22.0 Å². The van der Waals surface area contributed by atoms with Crippen LogP contribution in [0.1, 0.15) is 21.9 Å². The van der Waals surface area contributed by atoms with Crippen molar-refractivity contribution in [2.24, 2.45) is 11.1 Å². The van der Waals surface area contributed by atoms with Crippen LogP contribution in [0.3, 0.4) is 0 Å². The fourth-order valence-electron chi connectivity index (χ4n) is 5.66. The Kier molecular flexibility index (Phi) is 8.27. The molecule has 1 saturated heterocycles. The quantitative estimate of drug-likeness (QED) is 0.273. The molecule has 1 fully saturated rings. The summed E-state index contributed by atoms with van der Waals surface area (Å²) in [6.45, 7) is -0.496. The minimum atomic E-state index is -4.71. The van der Waals surface area contributed by atoms with Crippen molar-refractivity contribution >= 4 is 62.2 Å². The highest BCUT2D eigenvalue weighted by Gasteiger charge is 2.57. The Bertz CT molecular complexity index is 2100. The molecule has 3 heterocycles. The van der Waals surface area contributed by atoms with E-state index in [2.05, 4.69) is 5.32 Å².